The van der Waals surface area contributed by atoms with E-state index >= 15 is 0 Å². The number of nitrogens with one attached hydrogen (secondary N) is 2. The minimum atomic E-state index is -3.97. The van der Waals surface area contributed by atoms with Crippen molar-refractivity contribution in [1.82, 2.24) is 0 Å². The predicted octanol–water partition coefficient (Wildman–Crippen LogP) is 3.70. The second-order valence-corrected chi connectivity index (χ2v) is 8.69. The molecule has 0 saturated heterocycles. The second kappa shape index (κ2) is 9.57. The van der Waals surface area contributed by atoms with Gasteiger partial charge in [0, 0.05) is 11.4 Å². The molecule has 164 valence electrons. The smallest absolute Gasteiger partial charge is 0.338 e. The number of esters is 1. The quantitative estimate of drug-likeness (QED) is 0.246. The molecule has 0 heterocycles. The molecule has 0 amide bonds. The van der Waals surface area contributed by atoms with E-state index in [2.05, 4.69) is 4.72 Å². The van der Waals surface area contributed by atoms with Crippen molar-refractivity contribution in [3.8, 4) is 0 Å². The van der Waals surface area contributed by atoms with Gasteiger partial charge in [0.15, 0.2) is 5.78 Å². The molecule has 0 aliphatic carbocycles. The second-order valence-electron chi connectivity index (χ2n) is 7.03. The summed E-state index contributed by atoms with van der Waals surface area (Å²) in [6, 6.07) is 10.9. The number of benzene rings is 2. The van der Waals surface area contributed by atoms with E-state index in [1.54, 1.807) is 25.1 Å². The lowest BCUT2D eigenvalue weighted by Crippen LogP contribution is -2.17. The van der Waals surface area contributed by atoms with Crippen molar-refractivity contribution >= 4 is 33.2 Å². The molecule has 0 unspecified atom stereocenters. The van der Waals surface area contributed by atoms with Gasteiger partial charge in [0.05, 0.1) is 16.0 Å². The lowest BCUT2D eigenvalue weighted by atomic mass is 10.1. The molecule has 0 fully saturated rings. The van der Waals surface area contributed by atoms with Crippen molar-refractivity contribution in [3.05, 3.63) is 70.5 Å². The SMILES string of the molecule is CC(=N)/C(C(C)=O)=C(/O)COC(=O)c1ccc(C)c(S(=O)(=O)Nc2cccc(C)c2)c1. The van der Waals surface area contributed by atoms with Crippen LogP contribution in [0, 0.1) is 19.3 Å². The Hall–Kier alpha value is -3.46. The molecule has 8 nitrogen and oxygen atoms in total. The highest BCUT2D eigenvalue weighted by Crippen LogP contribution is 2.22. The topological polar surface area (TPSA) is 134 Å². The molecule has 0 atom stereocenters. The van der Waals surface area contributed by atoms with Crippen LogP contribution in [0.5, 0.6) is 0 Å². The van der Waals surface area contributed by atoms with E-state index in [1.165, 1.54) is 32.0 Å². The number of carbonyl (C=O) groups excluding carboxylic acids is 2. The monoisotopic (exact) mass is 444 g/mol. The fourth-order valence-corrected chi connectivity index (χ4v) is 4.23. The van der Waals surface area contributed by atoms with Crippen molar-refractivity contribution in [2.45, 2.75) is 32.6 Å². The number of allylic oxidation sites excluding steroid dienone is 1. The molecular weight excluding hydrogens is 420 g/mol. The number of aliphatic hydroxyl groups is 1. The number of aliphatic hydroxyl groups excluding tert-OH is 1. The van der Waals surface area contributed by atoms with Crippen LogP contribution in [0.4, 0.5) is 5.69 Å². The van der Waals surface area contributed by atoms with Crippen molar-refractivity contribution < 1.29 is 27.9 Å². The third-order valence-corrected chi connectivity index (χ3v) is 5.86. The maximum absolute atomic E-state index is 12.8. The lowest BCUT2D eigenvalue weighted by molar-refractivity contribution is -0.113. The summed E-state index contributed by atoms with van der Waals surface area (Å²) in [6.45, 7) is 5.32. The fraction of sp³-hybridized carbons (Fsp3) is 0.227. The van der Waals surface area contributed by atoms with E-state index < -0.39 is 34.1 Å². The van der Waals surface area contributed by atoms with Crippen LogP contribution in [0.3, 0.4) is 0 Å². The van der Waals surface area contributed by atoms with E-state index in [0.29, 0.717) is 11.3 Å². The molecule has 3 N–H and O–H groups in total. The highest BCUT2D eigenvalue weighted by Gasteiger charge is 2.21. The molecule has 0 aromatic heterocycles. The summed E-state index contributed by atoms with van der Waals surface area (Å²) >= 11 is 0. The van der Waals surface area contributed by atoms with Crippen LogP contribution in [0.2, 0.25) is 0 Å². The summed E-state index contributed by atoms with van der Waals surface area (Å²) in [4.78, 5) is 23.8. The Morgan fingerprint density at radius 3 is 2.35 bits per heavy atom. The zero-order valence-electron chi connectivity index (χ0n) is 17.6. The van der Waals surface area contributed by atoms with Crippen molar-refractivity contribution in [2.24, 2.45) is 0 Å². The summed E-state index contributed by atoms with van der Waals surface area (Å²) in [5.41, 5.74) is 1.26. The molecule has 0 aliphatic heterocycles. The first-order valence-corrected chi connectivity index (χ1v) is 10.8. The molecule has 9 heteroatoms. The average molecular weight is 445 g/mol. The van der Waals surface area contributed by atoms with E-state index in [0.717, 1.165) is 5.56 Å². The van der Waals surface area contributed by atoms with Gasteiger partial charge >= 0.3 is 5.97 Å². The van der Waals surface area contributed by atoms with Gasteiger partial charge in [-0.3, -0.25) is 9.52 Å². The molecule has 0 bridgehead atoms. The number of hydrogen-bond donors (Lipinski definition) is 3. The normalized spacial score (nSPS) is 12.0. The number of anilines is 1. The van der Waals surface area contributed by atoms with Gasteiger partial charge in [-0.25, -0.2) is 13.2 Å². The number of ketones is 1. The molecule has 2 aromatic carbocycles. The van der Waals surface area contributed by atoms with E-state index in [9.17, 15) is 23.1 Å². The Balaban J connectivity index is 2.27. The zero-order chi connectivity index (χ0) is 23.3. The number of Topliss-reactive ketones (excluding diaryl/α,β-unsaturated/α-hetero) is 1. The number of carbonyl (C=O) groups is 2. The Labute approximate surface area is 181 Å². The third-order valence-electron chi connectivity index (χ3n) is 4.34. The number of ether oxygens (including phenoxy) is 1. The molecule has 2 rings (SSSR count). The van der Waals surface area contributed by atoms with Crippen molar-refractivity contribution in [1.29, 1.82) is 5.41 Å². The van der Waals surface area contributed by atoms with Crippen LogP contribution >= 0.6 is 0 Å². The Bertz CT molecular complexity index is 1170. The van der Waals surface area contributed by atoms with Gasteiger partial charge in [-0.15, -0.1) is 0 Å². The summed E-state index contributed by atoms with van der Waals surface area (Å²) in [6.07, 6.45) is 0. The van der Waals surface area contributed by atoms with Crippen LogP contribution < -0.4 is 4.72 Å². The van der Waals surface area contributed by atoms with Gasteiger partial charge in [0.25, 0.3) is 10.0 Å². The summed E-state index contributed by atoms with van der Waals surface area (Å²) in [5.74, 6) is -1.97. The van der Waals surface area contributed by atoms with Gasteiger partial charge in [0.1, 0.15) is 12.4 Å². The highest BCUT2D eigenvalue weighted by atomic mass is 32.2. The zero-order valence-corrected chi connectivity index (χ0v) is 18.5. The van der Waals surface area contributed by atoms with Crippen LogP contribution in [-0.2, 0) is 19.6 Å². The largest absolute Gasteiger partial charge is 0.508 e. The number of hydrogen-bond acceptors (Lipinski definition) is 7. The number of sulfonamides is 1. The number of rotatable bonds is 8. The van der Waals surface area contributed by atoms with Crippen LogP contribution in [0.25, 0.3) is 0 Å². The lowest BCUT2D eigenvalue weighted by Gasteiger charge is -2.13. The van der Waals surface area contributed by atoms with Gasteiger partial charge < -0.3 is 15.3 Å². The Morgan fingerprint density at radius 1 is 1.10 bits per heavy atom. The molecule has 0 radical (unpaired) electrons. The van der Waals surface area contributed by atoms with E-state index in [1.807, 2.05) is 13.0 Å². The molecular formula is C22H24N2O6S. The molecule has 0 aliphatic rings. The summed E-state index contributed by atoms with van der Waals surface area (Å²) in [7, 11) is -3.97. The molecule has 0 saturated carbocycles. The van der Waals surface area contributed by atoms with E-state index in [-0.39, 0.29) is 21.7 Å². The standard InChI is InChI=1S/C22H24N2O6S/c1-13-6-5-7-18(10-13)24-31(28,29)20-11-17(9-8-14(20)2)22(27)30-12-19(26)21(15(3)23)16(4)25/h5-11,23-24,26H,12H2,1-4H3/b21-19-,23-15?. The Kier molecular flexibility index (Phi) is 7.35. The van der Waals surface area contributed by atoms with Crippen LogP contribution in [0.1, 0.15) is 35.3 Å². The van der Waals surface area contributed by atoms with Crippen molar-refractivity contribution in [2.75, 3.05) is 11.3 Å². The summed E-state index contributed by atoms with van der Waals surface area (Å²) < 4.78 is 33.2. The third kappa shape index (κ3) is 6.02. The maximum atomic E-state index is 12.8. The van der Waals surface area contributed by atoms with Gasteiger partial charge in [-0.1, -0.05) is 18.2 Å². The maximum Gasteiger partial charge on any atom is 0.338 e. The minimum Gasteiger partial charge on any atom is -0.508 e. The fourth-order valence-electron chi connectivity index (χ4n) is 2.91. The first kappa shape index (κ1) is 23.8. The van der Waals surface area contributed by atoms with Crippen LogP contribution in [-0.4, -0.2) is 37.6 Å². The first-order valence-electron chi connectivity index (χ1n) is 9.28. The minimum absolute atomic E-state index is 0.0426. The van der Waals surface area contributed by atoms with Gasteiger partial charge in [0.2, 0.25) is 0 Å². The van der Waals surface area contributed by atoms with Crippen LogP contribution in [0.15, 0.2) is 58.7 Å². The van der Waals surface area contributed by atoms with Crippen molar-refractivity contribution in [3.63, 3.8) is 0 Å². The highest BCUT2D eigenvalue weighted by molar-refractivity contribution is 7.92. The van der Waals surface area contributed by atoms with Gasteiger partial charge in [-0.2, -0.15) is 0 Å². The molecule has 0 spiro atoms. The van der Waals surface area contributed by atoms with E-state index in [4.69, 9.17) is 10.1 Å². The number of aryl methyl sites for hydroxylation is 2. The first-order chi connectivity index (χ1) is 14.4. The Morgan fingerprint density at radius 2 is 1.77 bits per heavy atom. The average Bonchev–Trinajstić information content (AvgIpc) is 2.65. The predicted molar refractivity (Wildman–Crippen MR) is 117 cm³/mol. The molecule has 2 aromatic rings. The van der Waals surface area contributed by atoms with Gasteiger partial charge in [-0.05, 0) is 63.1 Å². The molecule has 31 heavy (non-hydrogen) atoms. The summed E-state index contributed by atoms with van der Waals surface area (Å²) in [5, 5.41) is 17.5.